The maximum absolute atomic E-state index is 11.0. The van der Waals surface area contributed by atoms with Crippen LogP contribution in [0.1, 0.15) is 17.2 Å². The molecule has 0 aromatic heterocycles. The molecule has 0 aliphatic rings. The molecule has 0 amide bonds. The van der Waals surface area contributed by atoms with Crippen molar-refractivity contribution < 1.29 is 19.4 Å². The number of aliphatic hydroxyl groups is 1. The van der Waals surface area contributed by atoms with E-state index in [0.29, 0.717) is 17.3 Å². The zero-order chi connectivity index (χ0) is 18.1. The van der Waals surface area contributed by atoms with Crippen LogP contribution < -0.4 is 10.1 Å². The number of carbonyl (C=O) groups is 1. The number of hydrogen-bond acceptors (Lipinski definition) is 5. The van der Waals surface area contributed by atoms with Crippen molar-refractivity contribution >= 4 is 17.6 Å². The number of halogens is 1. The molecule has 2 rings (SSSR count). The molecular weight excluding hydrogens is 342 g/mol. The molecule has 0 bridgehead atoms. The van der Waals surface area contributed by atoms with Crippen molar-refractivity contribution in [2.45, 2.75) is 12.5 Å². The summed E-state index contributed by atoms with van der Waals surface area (Å²) >= 11 is 5.92. The molecule has 0 radical (unpaired) electrons. The second-order valence-electron chi connectivity index (χ2n) is 5.53. The van der Waals surface area contributed by atoms with E-state index < -0.39 is 12.1 Å². The fourth-order valence-corrected chi connectivity index (χ4v) is 2.46. The molecule has 134 valence electrons. The smallest absolute Gasteiger partial charge is 0.343 e. The van der Waals surface area contributed by atoms with E-state index in [1.165, 1.54) is 7.11 Å². The van der Waals surface area contributed by atoms with Gasteiger partial charge in [0.05, 0.1) is 13.2 Å². The Labute approximate surface area is 152 Å². The molecule has 2 aromatic carbocycles. The zero-order valence-corrected chi connectivity index (χ0v) is 14.8. The summed E-state index contributed by atoms with van der Waals surface area (Å²) in [5, 5.41) is 14.0. The van der Waals surface area contributed by atoms with Gasteiger partial charge >= 0.3 is 5.97 Å². The highest BCUT2D eigenvalue weighted by Crippen LogP contribution is 2.17. The topological polar surface area (TPSA) is 67.8 Å². The van der Waals surface area contributed by atoms with E-state index in [2.05, 4.69) is 10.1 Å². The lowest BCUT2D eigenvalue weighted by Crippen LogP contribution is -2.23. The van der Waals surface area contributed by atoms with E-state index in [1.54, 1.807) is 12.1 Å². The fraction of sp³-hybridized carbons (Fsp3) is 0.316. The largest absolute Gasteiger partial charge is 0.482 e. The molecule has 1 atom stereocenters. The Bertz CT molecular complexity index is 675. The molecular formula is C19H22ClNO4. The minimum Gasteiger partial charge on any atom is -0.482 e. The maximum Gasteiger partial charge on any atom is 0.343 e. The van der Waals surface area contributed by atoms with Crippen molar-refractivity contribution in [2.75, 3.05) is 26.8 Å². The lowest BCUT2D eigenvalue weighted by Gasteiger charge is -2.12. The minimum atomic E-state index is -0.590. The van der Waals surface area contributed by atoms with Gasteiger partial charge in [-0.3, -0.25) is 0 Å². The van der Waals surface area contributed by atoms with E-state index in [9.17, 15) is 9.90 Å². The van der Waals surface area contributed by atoms with Crippen LogP contribution in [0.25, 0.3) is 0 Å². The van der Waals surface area contributed by atoms with Gasteiger partial charge in [-0.05, 0) is 48.4 Å². The number of carbonyl (C=O) groups excluding carboxylic acids is 1. The highest BCUT2D eigenvalue weighted by atomic mass is 35.5. The molecule has 6 heteroatoms. The summed E-state index contributed by atoms with van der Waals surface area (Å²) in [7, 11) is 1.32. The van der Waals surface area contributed by atoms with Gasteiger partial charge in [0.15, 0.2) is 6.61 Å². The first-order valence-corrected chi connectivity index (χ1v) is 8.39. The first-order valence-electron chi connectivity index (χ1n) is 8.01. The summed E-state index contributed by atoms with van der Waals surface area (Å²) in [6, 6.07) is 14.8. The Hall–Kier alpha value is -2.08. The highest BCUT2D eigenvalue weighted by molar-refractivity contribution is 6.30. The first-order chi connectivity index (χ1) is 12.1. The van der Waals surface area contributed by atoms with Gasteiger partial charge < -0.3 is 19.9 Å². The summed E-state index contributed by atoms with van der Waals surface area (Å²) in [5.74, 6) is 0.213. The molecule has 25 heavy (non-hydrogen) atoms. The van der Waals surface area contributed by atoms with Gasteiger partial charge in [0, 0.05) is 11.6 Å². The van der Waals surface area contributed by atoms with Crippen LogP contribution in [0.4, 0.5) is 0 Å². The number of aliphatic hydroxyl groups excluding tert-OH is 1. The fourth-order valence-electron chi connectivity index (χ4n) is 2.26. The molecule has 0 spiro atoms. The molecule has 0 aliphatic carbocycles. The molecule has 1 unspecified atom stereocenters. The van der Waals surface area contributed by atoms with Crippen molar-refractivity contribution in [3.05, 3.63) is 64.7 Å². The molecule has 0 aliphatic heterocycles. The summed E-state index contributed by atoms with van der Waals surface area (Å²) in [6.45, 7) is 1.10. The van der Waals surface area contributed by atoms with Gasteiger partial charge in [-0.15, -0.1) is 0 Å². The molecule has 0 saturated carbocycles. The predicted molar refractivity (Wildman–Crippen MR) is 96.9 cm³/mol. The third kappa shape index (κ3) is 6.74. The lowest BCUT2D eigenvalue weighted by molar-refractivity contribution is -0.142. The SMILES string of the molecule is COC(=O)COc1ccc(CCNCC(O)c2cccc(Cl)c2)cc1. The van der Waals surface area contributed by atoms with Gasteiger partial charge in [-0.1, -0.05) is 35.9 Å². The number of ether oxygens (including phenoxy) is 2. The summed E-state index contributed by atoms with van der Waals surface area (Å²) < 4.78 is 9.81. The highest BCUT2D eigenvalue weighted by Gasteiger charge is 2.07. The quantitative estimate of drug-likeness (QED) is 0.529. The minimum absolute atomic E-state index is 0.0984. The molecule has 0 heterocycles. The Kier molecular flexibility index (Phi) is 7.73. The van der Waals surface area contributed by atoms with Crippen molar-refractivity contribution in [1.82, 2.24) is 5.32 Å². The van der Waals surface area contributed by atoms with Crippen LogP contribution >= 0.6 is 11.6 Å². The second kappa shape index (κ2) is 10.0. The number of benzene rings is 2. The average Bonchev–Trinajstić information content (AvgIpc) is 2.64. The Morgan fingerprint density at radius 1 is 1.24 bits per heavy atom. The predicted octanol–water partition coefficient (Wildman–Crippen LogP) is 2.76. The maximum atomic E-state index is 11.0. The van der Waals surface area contributed by atoms with E-state index in [1.807, 2.05) is 36.4 Å². The molecule has 2 N–H and O–H groups in total. The Morgan fingerprint density at radius 3 is 2.68 bits per heavy atom. The third-order valence-corrected chi connectivity index (χ3v) is 3.90. The number of methoxy groups -OCH3 is 1. The van der Waals surface area contributed by atoms with Crippen LogP contribution in [0.2, 0.25) is 5.02 Å². The Morgan fingerprint density at radius 2 is 2.00 bits per heavy atom. The number of hydrogen-bond donors (Lipinski definition) is 2. The monoisotopic (exact) mass is 363 g/mol. The van der Waals surface area contributed by atoms with Crippen molar-refractivity contribution in [2.24, 2.45) is 0 Å². The van der Waals surface area contributed by atoms with Crippen LogP contribution in [0.3, 0.4) is 0 Å². The van der Waals surface area contributed by atoms with Crippen LogP contribution in [0.15, 0.2) is 48.5 Å². The van der Waals surface area contributed by atoms with Crippen LogP contribution in [-0.4, -0.2) is 37.9 Å². The molecule has 0 saturated heterocycles. The van der Waals surface area contributed by atoms with E-state index in [0.717, 1.165) is 24.1 Å². The summed E-state index contributed by atoms with van der Waals surface area (Å²) in [5.41, 5.74) is 1.93. The number of rotatable bonds is 9. The Balaban J connectivity index is 1.70. The van der Waals surface area contributed by atoms with Crippen molar-refractivity contribution in [3.8, 4) is 5.75 Å². The van der Waals surface area contributed by atoms with E-state index in [-0.39, 0.29) is 6.61 Å². The average molecular weight is 364 g/mol. The standard InChI is InChI=1S/C19H22ClNO4/c1-24-19(23)13-25-17-7-5-14(6-8-17)9-10-21-12-18(22)15-3-2-4-16(20)11-15/h2-8,11,18,21-22H,9-10,12-13H2,1H3. The van der Waals surface area contributed by atoms with Crippen LogP contribution in [0.5, 0.6) is 5.75 Å². The van der Waals surface area contributed by atoms with Gasteiger partial charge in [0.1, 0.15) is 5.75 Å². The zero-order valence-electron chi connectivity index (χ0n) is 14.1. The van der Waals surface area contributed by atoms with Gasteiger partial charge in [0.2, 0.25) is 0 Å². The molecule has 2 aromatic rings. The van der Waals surface area contributed by atoms with Crippen LogP contribution in [-0.2, 0) is 16.0 Å². The lowest BCUT2D eigenvalue weighted by atomic mass is 10.1. The normalized spacial score (nSPS) is 11.8. The number of nitrogens with one attached hydrogen (secondary N) is 1. The second-order valence-corrected chi connectivity index (χ2v) is 5.97. The summed E-state index contributed by atoms with van der Waals surface area (Å²) in [6.07, 6.45) is 0.229. The molecule has 5 nitrogen and oxygen atoms in total. The first kappa shape index (κ1) is 19.2. The van der Waals surface area contributed by atoms with E-state index >= 15 is 0 Å². The van der Waals surface area contributed by atoms with Crippen molar-refractivity contribution in [3.63, 3.8) is 0 Å². The van der Waals surface area contributed by atoms with Gasteiger partial charge in [0.25, 0.3) is 0 Å². The van der Waals surface area contributed by atoms with Gasteiger partial charge in [-0.2, -0.15) is 0 Å². The van der Waals surface area contributed by atoms with Gasteiger partial charge in [-0.25, -0.2) is 4.79 Å². The molecule has 0 fully saturated rings. The number of esters is 1. The van der Waals surface area contributed by atoms with Crippen molar-refractivity contribution in [1.29, 1.82) is 0 Å². The summed E-state index contributed by atoms with van der Waals surface area (Å²) in [4.78, 5) is 11.0. The van der Waals surface area contributed by atoms with Crippen LogP contribution in [0, 0.1) is 0 Å². The third-order valence-electron chi connectivity index (χ3n) is 3.67. The van der Waals surface area contributed by atoms with E-state index in [4.69, 9.17) is 16.3 Å².